The lowest BCUT2D eigenvalue weighted by molar-refractivity contribution is -0.148. The second-order valence-electron chi connectivity index (χ2n) is 6.42. The van der Waals surface area contributed by atoms with E-state index in [9.17, 15) is 19.2 Å². The number of hydrogen-bond acceptors (Lipinski definition) is 6. The van der Waals surface area contributed by atoms with Crippen LogP contribution < -0.4 is 16.4 Å². The van der Waals surface area contributed by atoms with Gasteiger partial charge in [0.05, 0.1) is 18.9 Å². The van der Waals surface area contributed by atoms with Crippen LogP contribution in [0.15, 0.2) is 12.5 Å². The van der Waals surface area contributed by atoms with E-state index in [2.05, 4.69) is 20.6 Å². The van der Waals surface area contributed by atoms with Crippen molar-refractivity contribution in [2.75, 3.05) is 13.1 Å². The van der Waals surface area contributed by atoms with Gasteiger partial charge in [0.2, 0.25) is 17.7 Å². The van der Waals surface area contributed by atoms with Crippen molar-refractivity contribution in [3.05, 3.63) is 18.2 Å². The third-order valence-corrected chi connectivity index (χ3v) is 4.36. The maximum atomic E-state index is 12.1. The Balaban J connectivity index is 1.77. The highest BCUT2D eigenvalue weighted by molar-refractivity contribution is 5.92. The summed E-state index contributed by atoms with van der Waals surface area (Å²) in [4.78, 5) is 55.3. The normalized spacial score (nSPS) is 18.6. The van der Waals surface area contributed by atoms with E-state index in [1.54, 1.807) is 6.20 Å². The second-order valence-corrected chi connectivity index (χ2v) is 6.42. The van der Waals surface area contributed by atoms with Crippen LogP contribution in [0, 0.1) is 0 Å². The molecule has 11 heteroatoms. The molecule has 0 spiro atoms. The monoisotopic (exact) mass is 380 g/mol. The summed E-state index contributed by atoms with van der Waals surface area (Å²) >= 11 is 0. The van der Waals surface area contributed by atoms with E-state index in [-0.39, 0.29) is 13.0 Å². The van der Waals surface area contributed by atoms with Crippen molar-refractivity contribution in [1.82, 2.24) is 25.5 Å². The van der Waals surface area contributed by atoms with Gasteiger partial charge in [-0.1, -0.05) is 0 Å². The van der Waals surface area contributed by atoms with Crippen LogP contribution in [-0.4, -0.2) is 74.9 Å². The number of carbonyl (C=O) groups is 4. The van der Waals surface area contributed by atoms with E-state index in [0.29, 0.717) is 25.1 Å². The standard InChI is InChI=1S/C16H24N6O5/c1-9(21-15(25)11(17)5-10-6-18-8-20-10)14(24)19-7-13(23)22-4-2-3-12(22)16(26)27/h6,8-9,11-12H,2-5,7,17H2,1H3,(H,18,20)(H,19,24)(H,21,25)(H,26,27). The van der Waals surface area contributed by atoms with Crippen molar-refractivity contribution in [2.45, 2.75) is 44.3 Å². The van der Waals surface area contributed by atoms with Crippen molar-refractivity contribution in [1.29, 1.82) is 0 Å². The zero-order valence-corrected chi connectivity index (χ0v) is 15.0. The molecule has 3 unspecified atom stereocenters. The van der Waals surface area contributed by atoms with Crippen LogP contribution in [0.1, 0.15) is 25.5 Å². The Kier molecular flexibility index (Phi) is 6.88. The molecule has 1 aromatic heterocycles. The highest BCUT2D eigenvalue weighted by Crippen LogP contribution is 2.17. The number of H-pyrrole nitrogens is 1. The minimum absolute atomic E-state index is 0.240. The number of nitrogens with two attached hydrogens (primary N) is 1. The largest absolute Gasteiger partial charge is 0.480 e. The first-order chi connectivity index (χ1) is 12.8. The lowest BCUT2D eigenvalue weighted by Crippen LogP contribution is -2.52. The van der Waals surface area contributed by atoms with Crippen LogP contribution in [0.5, 0.6) is 0 Å². The Hall–Kier alpha value is -2.95. The van der Waals surface area contributed by atoms with Gasteiger partial charge in [0.15, 0.2) is 0 Å². The number of rotatable bonds is 8. The molecule has 6 N–H and O–H groups in total. The topological polar surface area (TPSA) is 171 Å². The molecule has 1 aliphatic heterocycles. The highest BCUT2D eigenvalue weighted by Gasteiger charge is 2.34. The van der Waals surface area contributed by atoms with Crippen LogP contribution in [0.2, 0.25) is 0 Å². The van der Waals surface area contributed by atoms with Gasteiger partial charge in [-0.15, -0.1) is 0 Å². The van der Waals surface area contributed by atoms with Crippen molar-refractivity contribution in [3.63, 3.8) is 0 Å². The molecule has 148 valence electrons. The van der Waals surface area contributed by atoms with Gasteiger partial charge in [-0.2, -0.15) is 0 Å². The van der Waals surface area contributed by atoms with Crippen LogP contribution in [0.25, 0.3) is 0 Å². The number of likely N-dealkylation sites (tertiary alicyclic amines) is 1. The van der Waals surface area contributed by atoms with Gasteiger partial charge in [0.25, 0.3) is 0 Å². The van der Waals surface area contributed by atoms with Crippen molar-refractivity contribution in [2.24, 2.45) is 5.73 Å². The molecule has 2 rings (SSSR count). The summed E-state index contributed by atoms with van der Waals surface area (Å²) < 4.78 is 0. The molecule has 0 aliphatic carbocycles. The van der Waals surface area contributed by atoms with Crippen LogP contribution >= 0.6 is 0 Å². The zero-order valence-electron chi connectivity index (χ0n) is 15.0. The van der Waals surface area contributed by atoms with Gasteiger partial charge in [0.1, 0.15) is 12.1 Å². The molecule has 1 aromatic rings. The number of aliphatic carboxylic acids is 1. The average molecular weight is 380 g/mol. The quantitative estimate of drug-likeness (QED) is 0.346. The smallest absolute Gasteiger partial charge is 0.326 e. The summed E-state index contributed by atoms with van der Waals surface area (Å²) in [6.45, 7) is 1.49. The number of hydrogen-bond donors (Lipinski definition) is 5. The van der Waals surface area contributed by atoms with Crippen molar-refractivity contribution in [3.8, 4) is 0 Å². The molecule has 0 bridgehead atoms. The summed E-state index contributed by atoms with van der Waals surface area (Å²) in [6.07, 6.45) is 4.27. The summed E-state index contributed by atoms with van der Waals surface area (Å²) in [5.74, 6) is -2.60. The lowest BCUT2D eigenvalue weighted by atomic mass is 10.1. The van der Waals surface area contributed by atoms with Crippen LogP contribution in [-0.2, 0) is 25.6 Å². The van der Waals surface area contributed by atoms with Crippen molar-refractivity contribution < 1.29 is 24.3 Å². The molecule has 1 fully saturated rings. The van der Waals surface area contributed by atoms with Gasteiger partial charge in [-0.25, -0.2) is 9.78 Å². The summed E-state index contributed by atoms with van der Waals surface area (Å²) in [7, 11) is 0. The van der Waals surface area contributed by atoms with Crippen LogP contribution in [0.3, 0.4) is 0 Å². The molecule has 27 heavy (non-hydrogen) atoms. The summed E-state index contributed by atoms with van der Waals surface area (Å²) in [6, 6.07) is -2.61. The molecule has 0 radical (unpaired) electrons. The van der Waals surface area contributed by atoms with E-state index in [0.717, 1.165) is 0 Å². The van der Waals surface area contributed by atoms with E-state index in [4.69, 9.17) is 10.8 Å². The number of aromatic nitrogens is 2. The maximum Gasteiger partial charge on any atom is 0.326 e. The number of nitrogens with one attached hydrogen (secondary N) is 3. The maximum absolute atomic E-state index is 12.1. The molecule has 0 saturated carbocycles. The molecule has 0 aromatic carbocycles. The fraction of sp³-hybridized carbons (Fsp3) is 0.562. The molecular formula is C16H24N6O5. The first-order valence-electron chi connectivity index (χ1n) is 8.62. The Labute approximate surface area is 155 Å². The predicted molar refractivity (Wildman–Crippen MR) is 93.3 cm³/mol. The highest BCUT2D eigenvalue weighted by atomic mass is 16.4. The fourth-order valence-corrected chi connectivity index (χ4v) is 2.85. The van der Waals surface area contributed by atoms with E-state index in [1.807, 2.05) is 0 Å². The summed E-state index contributed by atoms with van der Waals surface area (Å²) in [5, 5.41) is 14.0. The Bertz CT molecular complexity index is 691. The molecule has 3 amide bonds. The molecule has 1 aliphatic rings. The zero-order chi connectivity index (χ0) is 20.0. The Morgan fingerprint density at radius 1 is 1.41 bits per heavy atom. The minimum atomic E-state index is -1.06. The van der Waals surface area contributed by atoms with Gasteiger partial charge in [-0.3, -0.25) is 14.4 Å². The van der Waals surface area contributed by atoms with Crippen LogP contribution in [0.4, 0.5) is 0 Å². The Morgan fingerprint density at radius 2 is 2.15 bits per heavy atom. The molecule has 2 heterocycles. The minimum Gasteiger partial charge on any atom is -0.480 e. The molecule has 11 nitrogen and oxygen atoms in total. The number of carbonyl (C=O) groups excluding carboxylic acids is 3. The third kappa shape index (κ3) is 5.51. The third-order valence-electron chi connectivity index (χ3n) is 4.36. The first-order valence-corrected chi connectivity index (χ1v) is 8.62. The van der Waals surface area contributed by atoms with Gasteiger partial charge >= 0.3 is 5.97 Å². The number of aromatic amines is 1. The fourth-order valence-electron chi connectivity index (χ4n) is 2.85. The van der Waals surface area contributed by atoms with E-state index in [1.165, 1.54) is 18.2 Å². The van der Waals surface area contributed by atoms with Gasteiger partial charge in [-0.05, 0) is 19.8 Å². The SMILES string of the molecule is CC(NC(=O)C(N)Cc1cnc[nH]1)C(=O)NCC(=O)N1CCCC1C(=O)O. The number of carboxylic acid groups (broad SMARTS) is 1. The molecular weight excluding hydrogens is 356 g/mol. The Morgan fingerprint density at radius 3 is 2.78 bits per heavy atom. The number of carboxylic acids is 1. The average Bonchev–Trinajstić information content (AvgIpc) is 3.30. The molecule has 3 atom stereocenters. The lowest BCUT2D eigenvalue weighted by Gasteiger charge is -2.22. The summed E-state index contributed by atoms with van der Waals surface area (Å²) in [5.41, 5.74) is 6.49. The van der Waals surface area contributed by atoms with Gasteiger partial charge in [0, 0.05) is 24.9 Å². The van der Waals surface area contributed by atoms with Gasteiger partial charge < -0.3 is 31.4 Å². The number of amides is 3. The van der Waals surface area contributed by atoms with E-state index < -0.39 is 41.8 Å². The predicted octanol–water partition coefficient (Wildman–Crippen LogP) is -2.02. The number of imidazole rings is 1. The second kappa shape index (κ2) is 9.12. The number of nitrogens with zero attached hydrogens (tertiary/aromatic N) is 2. The molecule has 1 saturated heterocycles. The van der Waals surface area contributed by atoms with Crippen molar-refractivity contribution >= 4 is 23.7 Å². The first kappa shape index (κ1) is 20.4. The van der Waals surface area contributed by atoms with E-state index >= 15 is 0 Å².